The van der Waals surface area contributed by atoms with Crippen LogP contribution in [-0.2, 0) is 13.0 Å². The van der Waals surface area contributed by atoms with Crippen molar-refractivity contribution in [3.05, 3.63) is 11.6 Å². The van der Waals surface area contributed by atoms with Gasteiger partial charge in [-0.2, -0.15) is 13.2 Å². The van der Waals surface area contributed by atoms with Gasteiger partial charge in [-0.05, 0) is 18.9 Å². The van der Waals surface area contributed by atoms with Crippen molar-refractivity contribution >= 4 is 0 Å². The highest BCUT2D eigenvalue weighted by atomic mass is 19.4. The van der Waals surface area contributed by atoms with E-state index in [1.807, 2.05) is 0 Å². The quantitative estimate of drug-likeness (QED) is 0.848. The van der Waals surface area contributed by atoms with Crippen molar-refractivity contribution in [1.82, 2.24) is 20.1 Å². The second kappa shape index (κ2) is 4.47. The molecule has 0 amide bonds. The lowest BCUT2D eigenvalue weighted by atomic mass is 9.95. The molecule has 1 N–H and O–H groups in total. The Bertz CT molecular complexity index is 468. The van der Waals surface area contributed by atoms with Crippen LogP contribution in [0.2, 0.25) is 0 Å². The smallest absolute Gasteiger partial charge is 0.316 e. The third kappa shape index (κ3) is 2.24. The minimum Gasteiger partial charge on any atom is -0.316 e. The predicted octanol–water partition coefficient (Wildman–Crippen LogP) is 1.73. The number of rotatable bonds is 1. The molecule has 1 unspecified atom stereocenters. The second-order valence-corrected chi connectivity index (χ2v) is 5.60. The lowest BCUT2D eigenvalue weighted by molar-refractivity contribution is -0.182. The van der Waals surface area contributed by atoms with Crippen molar-refractivity contribution in [3.63, 3.8) is 0 Å². The molecule has 3 heterocycles. The summed E-state index contributed by atoms with van der Waals surface area (Å²) in [4.78, 5) is 0. The van der Waals surface area contributed by atoms with E-state index in [1.165, 1.54) is 0 Å². The van der Waals surface area contributed by atoms with Gasteiger partial charge in [-0.3, -0.25) is 0 Å². The van der Waals surface area contributed by atoms with Crippen molar-refractivity contribution in [3.8, 4) is 0 Å². The van der Waals surface area contributed by atoms with Crippen LogP contribution in [0.1, 0.15) is 30.9 Å². The molecule has 1 aromatic heterocycles. The molecular weight excluding hydrogens is 257 g/mol. The third-order valence-corrected chi connectivity index (χ3v) is 4.29. The van der Waals surface area contributed by atoms with Gasteiger partial charge in [0, 0.05) is 25.4 Å². The maximum atomic E-state index is 12.9. The molecule has 0 saturated carbocycles. The molecule has 106 valence electrons. The summed E-state index contributed by atoms with van der Waals surface area (Å²) < 4.78 is 40.3. The second-order valence-electron chi connectivity index (χ2n) is 5.60. The maximum absolute atomic E-state index is 12.9. The van der Waals surface area contributed by atoms with E-state index >= 15 is 0 Å². The predicted molar refractivity (Wildman–Crippen MR) is 62.7 cm³/mol. The number of hydrogen-bond acceptors (Lipinski definition) is 3. The van der Waals surface area contributed by atoms with Gasteiger partial charge in [0.25, 0.3) is 0 Å². The first-order valence-electron chi connectivity index (χ1n) is 6.66. The van der Waals surface area contributed by atoms with Crippen LogP contribution in [0.25, 0.3) is 0 Å². The molecule has 2 aliphatic heterocycles. The summed E-state index contributed by atoms with van der Waals surface area (Å²) in [5.41, 5.74) is 0. The van der Waals surface area contributed by atoms with Crippen LogP contribution in [0.5, 0.6) is 0 Å². The Morgan fingerprint density at radius 1 is 1.26 bits per heavy atom. The van der Waals surface area contributed by atoms with E-state index in [4.69, 9.17) is 0 Å². The Balaban J connectivity index is 1.88. The molecule has 19 heavy (non-hydrogen) atoms. The van der Waals surface area contributed by atoms with E-state index in [0.717, 1.165) is 18.9 Å². The van der Waals surface area contributed by atoms with Gasteiger partial charge >= 0.3 is 6.18 Å². The van der Waals surface area contributed by atoms with Gasteiger partial charge in [-0.25, -0.2) is 0 Å². The van der Waals surface area contributed by atoms with Crippen LogP contribution in [0, 0.1) is 11.8 Å². The topological polar surface area (TPSA) is 42.7 Å². The number of nitrogens with zero attached hydrogens (tertiary/aromatic N) is 3. The summed E-state index contributed by atoms with van der Waals surface area (Å²) in [6.45, 7) is 3.73. The van der Waals surface area contributed by atoms with Gasteiger partial charge in [0.2, 0.25) is 0 Å². The molecule has 1 fully saturated rings. The van der Waals surface area contributed by atoms with Crippen LogP contribution in [0.15, 0.2) is 0 Å². The van der Waals surface area contributed by atoms with Crippen LogP contribution < -0.4 is 5.32 Å². The van der Waals surface area contributed by atoms with Crippen molar-refractivity contribution in [2.75, 3.05) is 13.1 Å². The third-order valence-electron chi connectivity index (χ3n) is 4.29. The number of alkyl halides is 3. The molecule has 0 radical (unpaired) electrons. The Labute approximate surface area is 109 Å². The zero-order chi connectivity index (χ0) is 13.6. The van der Waals surface area contributed by atoms with Crippen molar-refractivity contribution in [1.29, 1.82) is 0 Å². The SMILES string of the molecule is C[C@@H]1CNC[C@H]1c1nnc2n1CC(C(F)(F)F)CC2. The van der Waals surface area contributed by atoms with E-state index in [0.29, 0.717) is 18.2 Å². The maximum Gasteiger partial charge on any atom is 0.393 e. The summed E-state index contributed by atoms with van der Waals surface area (Å²) in [7, 11) is 0. The Morgan fingerprint density at radius 3 is 2.68 bits per heavy atom. The van der Waals surface area contributed by atoms with Gasteiger partial charge in [0.15, 0.2) is 0 Å². The number of aryl methyl sites for hydroxylation is 1. The number of fused-ring (bicyclic) bond motifs is 1. The zero-order valence-corrected chi connectivity index (χ0v) is 10.7. The van der Waals surface area contributed by atoms with E-state index in [9.17, 15) is 13.2 Å². The minimum absolute atomic E-state index is 0.0234. The highest BCUT2D eigenvalue weighted by Crippen LogP contribution is 2.36. The minimum atomic E-state index is -4.13. The Kier molecular flexibility index (Phi) is 3.03. The molecule has 3 rings (SSSR count). The number of nitrogens with one attached hydrogen (secondary N) is 1. The van der Waals surface area contributed by atoms with Crippen molar-refractivity contribution < 1.29 is 13.2 Å². The summed E-state index contributed by atoms with van der Waals surface area (Å²) in [6.07, 6.45) is -3.63. The van der Waals surface area contributed by atoms with Gasteiger partial charge in [-0.15, -0.1) is 10.2 Å². The van der Waals surface area contributed by atoms with Crippen molar-refractivity contribution in [2.45, 2.75) is 38.4 Å². The van der Waals surface area contributed by atoms with E-state index < -0.39 is 12.1 Å². The monoisotopic (exact) mass is 274 g/mol. The lowest BCUT2D eigenvalue weighted by Crippen LogP contribution is -2.33. The first-order chi connectivity index (χ1) is 8.97. The molecular formula is C12H17F3N4. The molecule has 3 atom stereocenters. The summed E-state index contributed by atoms with van der Waals surface area (Å²) in [6, 6.07) is 0. The standard InChI is InChI=1S/C12H17F3N4/c1-7-4-16-5-9(7)11-18-17-10-3-2-8(6-19(10)11)12(13,14)15/h7-9,16H,2-6H2,1H3/t7-,8?,9-/m1/s1. The zero-order valence-electron chi connectivity index (χ0n) is 10.7. The van der Waals surface area contributed by atoms with E-state index in [2.05, 4.69) is 22.4 Å². The first kappa shape index (κ1) is 12.9. The van der Waals surface area contributed by atoms with Gasteiger partial charge in [0.1, 0.15) is 11.6 Å². The van der Waals surface area contributed by atoms with Crippen molar-refractivity contribution in [2.24, 2.45) is 11.8 Å². The highest BCUT2D eigenvalue weighted by Gasteiger charge is 2.43. The van der Waals surface area contributed by atoms with Crippen LogP contribution in [0.4, 0.5) is 13.2 Å². The normalized spacial score (nSPS) is 31.5. The fraction of sp³-hybridized carbons (Fsp3) is 0.833. The molecule has 1 aromatic rings. The first-order valence-corrected chi connectivity index (χ1v) is 6.66. The molecule has 0 aromatic carbocycles. The average Bonchev–Trinajstić information content (AvgIpc) is 2.92. The summed E-state index contributed by atoms with van der Waals surface area (Å²) in [5.74, 6) is 0.725. The lowest BCUT2D eigenvalue weighted by Gasteiger charge is -2.27. The molecule has 0 aliphatic carbocycles. The summed E-state index contributed by atoms with van der Waals surface area (Å²) >= 11 is 0. The fourth-order valence-electron chi connectivity index (χ4n) is 3.05. The molecule has 1 saturated heterocycles. The Hall–Kier alpha value is -1.11. The van der Waals surface area contributed by atoms with Gasteiger partial charge in [0.05, 0.1) is 5.92 Å². The molecule has 2 aliphatic rings. The van der Waals surface area contributed by atoms with Crippen LogP contribution >= 0.6 is 0 Å². The van der Waals surface area contributed by atoms with Crippen LogP contribution in [-0.4, -0.2) is 34.0 Å². The number of halogens is 3. The van der Waals surface area contributed by atoms with Crippen LogP contribution in [0.3, 0.4) is 0 Å². The molecule has 7 heteroatoms. The van der Waals surface area contributed by atoms with Gasteiger partial charge < -0.3 is 9.88 Å². The molecule has 4 nitrogen and oxygen atoms in total. The van der Waals surface area contributed by atoms with Gasteiger partial charge in [-0.1, -0.05) is 6.92 Å². The van der Waals surface area contributed by atoms with E-state index in [-0.39, 0.29) is 18.9 Å². The Morgan fingerprint density at radius 2 is 2.05 bits per heavy atom. The molecule has 0 bridgehead atoms. The fourth-order valence-corrected chi connectivity index (χ4v) is 3.05. The number of aromatic nitrogens is 3. The molecule has 0 spiro atoms. The average molecular weight is 274 g/mol. The number of hydrogen-bond donors (Lipinski definition) is 1. The highest BCUT2D eigenvalue weighted by molar-refractivity contribution is 5.09. The summed E-state index contributed by atoms with van der Waals surface area (Å²) in [5, 5.41) is 11.5. The largest absolute Gasteiger partial charge is 0.393 e. The van der Waals surface area contributed by atoms with E-state index in [1.54, 1.807) is 4.57 Å².